The molecule has 1 fully saturated rings. The minimum absolute atomic E-state index is 0.366. The van der Waals surface area contributed by atoms with Crippen LogP contribution in [0.2, 0.25) is 0 Å². The summed E-state index contributed by atoms with van der Waals surface area (Å²) >= 11 is 0. The van der Waals surface area contributed by atoms with Crippen LogP contribution < -0.4 is 5.32 Å². The van der Waals surface area contributed by atoms with Gasteiger partial charge < -0.3 is 10.4 Å². The smallest absolute Gasteiger partial charge is 0.0433 e. The van der Waals surface area contributed by atoms with Crippen molar-refractivity contribution in [1.29, 1.82) is 0 Å². The number of hydrogen-bond donors (Lipinski definition) is 2. The van der Waals surface area contributed by atoms with E-state index < -0.39 is 0 Å². The Labute approximate surface area is 81.7 Å². The first-order valence-corrected chi connectivity index (χ1v) is 5.71. The van der Waals surface area contributed by atoms with Gasteiger partial charge in [0, 0.05) is 12.6 Å². The fraction of sp³-hybridized carbons (Fsp3) is 1.00. The van der Waals surface area contributed by atoms with E-state index in [1.807, 2.05) is 0 Å². The molecule has 0 radical (unpaired) electrons. The van der Waals surface area contributed by atoms with E-state index in [-0.39, 0.29) is 0 Å². The van der Waals surface area contributed by atoms with Gasteiger partial charge in [0.2, 0.25) is 0 Å². The zero-order valence-electron chi connectivity index (χ0n) is 8.76. The minimum Gasteiger partial charge on any atom is -0.396 e. The van der Waals surface area contributed by atoms with Crippen LogP contribution in [-0.4, -0.2) is 24.3 Å². The third kappa shape index (κ3) is 4.10. The number of piperidine rings is 1. The Morgan fingerprint density at radius 2 is 2.23 bits per heavy atom. The predicted molar refractivity (Wildman–Crippen MR) is 55.7 cm³/mol. The lowest BCUT2D eigenvalue weighted by Gasteiger charge is -2.30. The number of nitrogens with one attached hydrogen (secondary N) is 1. The maximum absolute atomic E-state index is 8.86. The average Bonchev–Trinajstić information content (AvgIpc) is 2.16. The summed E-state index contributed by atoms with van der Waals surface area (Å²) in [7, 11) is 0. The second-order valence-electron chi connectivity index (χ2n) is 4.20. The van der Waals surface area contributed by atoms with Crippen LogP contribution in [0.3, 0.4) is 0 Å². The van der Waals surface area contributed by atoms with Crippen molar-refractivity contribution in [2.75, 3.05) is 13.2 Å². The Hall–Kier alpha value is -0.0800. The lowest BCUT2D eigenvalue weighted by Crippen LogP contribution is -2.38. The Bertz CT molecular complexity index is 125. The van der Waals surface area contributed by atoms with Gasteiger partial charge >= 0.3 is 0 Å². The van der Waals surface area contributed by atoms with Crippen molar-refractivity contribution in [2.24, 2.45) is 5.92 Å². The number of rotatable bonds is 5. The molecular formula is C11H23NO. The lowest BCUT2D eigenvalue weighted by molar-refractivity contribution is 0.211. The predicted octanol–water partition coefficient (Wildman–Crippen LogP) is 1.93. The summed E-state index contributed by atoms with van der Waals surface area (Å²) < 4.78 is 0. The number of unbranched alkanes of at least 4 members (excludes halogenated alkanes) is 1. The Balaban J connectivity index is 2.16. The molecule has 1 saturated heterocycles. The van der Waals surface area contributed by atoms with Crippen molar-refractivity contribution >= 4 is 0 Å². The molecule has 0 aromatic rings. The van der Waals surface area contributed by atoms with Crippen LogP contribution in [-0.2, 0) is 0 Å². The van der Waals surface area contributed by atoms with E-state index >= 15 is 0 Å². The lowest BCUT2D eigenvalue weighted by atomic mass is 9.88. The van der Waals surface area contributed by atoms with Gasteiger partial charge in [-0.2, -0.15) is 0 Å². The van der Waals surface area contributed by atoms with Crippen molar-refractivity contribution in [3.8, 4) is 0 Å². The van der Waals surface area contributed by atoms with Gasteiger partial charge in [0.15, 0.2) is 0 Å². The van der Waals surface area contributed by atoms with E-state index in [1.54, 1.807) is 0 Å². The quantitative estimate of drug-likeness (QED) is 0.686. The fourth-order valence-corrected chi connectivity index (χ4v) is 2.21. The van der Waals surface area contributed by atoms with E-state index in [0.29, 0.717) is 6.61 Å². The molecule has 0 amide bonds. The fourth-order valence-electron chi connectivity index (χ4n) is 2.21. The molecule has 1 aliphatic rings. The molecule has 13 heavy (non-hydrogen) atoms. The van der Waals surface area contributed by atoms with Gasteiger partial charge in [0.05, 0.1) is 0 Å². The molecule has 2 unspecified atom stereocenters. The molecule has 2 nitrogen and oxygen atoms in total. The number of aliphatic hydroxyl groups excluding tert-OH is 1. The third-order valence-electron chi connectivity index (χ3n) is 3.05. The van der Waals surface area contributed by atoms with E-state index in [4.69, 9.17) is 5.11 Å². The van der Waals surface area contributed by atoms with Crippen LogP contribution >= 0.6 is 0 Å². The normalized spacial score (nSPS) is 29.1. The third-order valence-corrected chi connectivity index (χ3v) is 3.05. The van der Waals surface area contributed by atoms with Gasteiger partial charge in [-0.1, -0.05) is 19.8 Å². The highest BCUT2D eigenvalue weighted by Gasteiger charge is 2.19. The highest BCUT2D eigenvalue weighted by molar-refractivity contribution is 4.77. The maximum atomic E-state index is 8.86. The van der Waals surface area contributed by atoms with Crippen molar-refractivity contribution in [3.05, 3.63) is 0 Å². The first kappa shape index (κ1) is 11.0. The average molecular weight is 185 g/mol. The monoisotopic (exact) mass is 185 g/mol. The summed E-state index contributed by atoms with van der Waals surface area (Å²) in [6, 6.07) is 0.727. The summed E-state index contributed by atoms with van der Waals surface area (Å²) in [6.45, 7) is 3.76. The van der Waals surface area contributed by atoms with Crippen molar-refractivity contribution < 1.29 is 5.11 Å². The molecule has 0 aromatic heterocycles. The molecule has 1 aliphatic heterocycles. The standard InChI is InChI=1S/C11H23NO/c1-2-3-4-11-9-10(6-8-13)5-7-12-11/h10-13H,2-9H2,1H3. The van der Waals surface area contributed by atoms with E-state index in [9.17, 15) is 0 Å². The molecule has 2 atom stereocenters. The summed E-state index contributed by atoms with van der Waals surface area (Å²) in [5, 5.41) is 12.4. The molecule has 0 saturated carbocycles. The minimum atomic E-state index is 0.366. The molecule has 2 heteroatoms. The van der Waals surface area contributed by atoms with Crippen LogP contribution in [0.1, 0.15) is 45.4 Å². The SMILES string of the molecule is CCCCC1CC(CCO)CCN1. The largest absolute Gasteiger partial charge is 0.396 e. The Morgan fingerprint density at radius 1 is 1.38 bits per heavy atom. The van der Waals surface area contributed by atoms with E-state index in [0.717, 1.165) is 24.9 Å². The van der Waals surface area contributed by atoms with E-state index in [1.165, 1.54) is 32.1 Å². The molecule has 0 aromatic carbocycles. The molecule has 1 rings (SSSR count). The first-order valence-electron chi connectivity index (χ1n) is 5.71. The summed E-state index contributed by atoms with van der Waals surface area (Å²) in [5.74, 6) is 0.771. The molecule has 0 bridgehead atoms. The first-order chi connectivity index (χ1) is 6.36. The molecule has 0 aliphatic carbocycles. The van der Waals surface area contributed by atoms with Crippen LogP contribution in [0.5, 0.6) is 0 Å². The van der Waals surface area contributed by atoms with Gasteiger partial charge in [-0.05, 0) is 38.1 Å². The second kappa shape index (κ2) is 6.39. The van der Waals surface area contributed by atoms with Crippen molar-refractivity contribution in [1.82, 2.24) is 5.32 Å². The van der Waals surface area contributed by atoms with Gasteiger partial charge in [-0.3, -0.25) is 0 Å². The molecule has 0 spiro atoms. The molecular weight excluding hydrogens is 162 g/mol. The molecule has 78 valence electrons. The van der Waals surface area contributed by atoms with Crippen LogP contribution in [0.15, 0.2) is 0 Å². The summed E-state index contributed by atoms with van der Waals surface area (Å²) in [6.07, 6.45) is 7.48. The van der Waals surface area contributed by atoms with Crippen LogP contribution in [0.4, 0.5) is 0 Å². The van der Waals surface area contributed by atoms with Crippen molar-refractivity contribution in [2.45, 2.75) is 51.5 Å². The molecule has 1 heterocycles. The second-order valence-corrected chi connectivity index (χ2v) is 4.20. The molecule has 2 N–H and O–H groups in total. The highest BCUT2D eigenvalue weighted by Crippen LogP contribution is 2.21. The summed E-state index contributed by atoms with van der Waals surface area (Å²) in [5.41, 5.74) is 0. The van der Waals surface area contributed by atoms with Gasteiger partial charge in [0.25, 0.3) is 0 Å². The number of aliphatic hydroxyl groups is 1. The van der Waals surface area contributed by atoms with Gasteiger partial charge in [-0.15, -0.1) is 0 Å². The summed E-state index contributed by atoms with van der Waals surface area (Å²) in [4.78, 5) is 0. The maximum Gasteiger partial charge on any atom is 0.0433 e. The van der Waals surface area contributed by atoms with Crippen LogP contribution in [0.25, 0.3) is 0 Å². The number of hydrogen-bond acceptors (Lipinski definition) is 2. The van der Waals surface area contributed by atoms with Crippen molar-refractivity contribution in [3.63, 3.8) is 0 Å². The zero-order chi connectivity index (χ0) is 9.52. The highest BCUT2D eigenvalue weighted by atomic mass is 16.3. The van der Waals surface area contributed by atoms with Gasteiger partial charge in [-0.25, -0.2) is 0 Å². The topological polar surface area (TPSA) is 32.3 Å². The van der Waals surface area contributed by atoms with Crippen LogP contribution in [0, 0.1) is 5.92 Å². The van der Waals surface area contributed by atoms with E-state index in [2.05, 4.69) is 12.2 Å². The Morgan fingerprint density at radius 3 is 2.92 bits per heavy atom. The van der Waals surface area contributed by atoms with Gasteiger partial charge in [0.1, 0.15) is 0 Å². The Kier molecular flexibility index (Phi) is 5.40. The zero-order valence-corrected chi connectivity index (χ0v) is 8.76.